The third-order valence-electron chi connectivity index (χ3n) is 5.30. The molecule has 0 saturated carbocycles. The second kappa shape index (κ2) is 8.50. The van der Waals surface area contributed by atoms with Gasteiger partial charge in [0, 0.05) is 17.0 Å². The average Bonchev–Trinajstić information content (AvgIpc) is 3.14. The third-order valence-corrected chi connectivity index (χ3v) is 5.30. The van der Waals surface area contributed by atoms with Crippen LogP contribution in [-0.4, -0.2) is 23.7 Å². The van der Waals surface area contributed by atoms with Crippen molar-refractivity contribution in [3.63, 3.8) is 0 Å². The Bertz CT molecular complexity index is 1020. The lowest BCUT2D eigenvalue weighted by Gasteiger charge is -2.25. The number of nitrogens with one attached hydrogen (secondary N) is 1. The summed E-state index contributed by atoms with van der Waals surface area (Å²) in [5, 5.41) is 3.48. The van der Waals surface area contributed by atoms with E-state index in [1.165, 1.54) is 0 Å². The maximum absolute atomic E-state index is 12.8. The van der Waals surface area contributed by atoms with Crippen molar-refractivity contribution in [2.45, 2.75) is 71.9 Å². The smallest absolute Gasteiger partial charge is 0.408 e. The molecule has 0 unspecified atom stereocenters. The second-order valence-corrected chi connectivity index (χ2v) is 8.79. The molecule has 0 bridgehead atoms. The number of fused-ring (bicyclic) bond motifs is 3. The summed E-state index contributed by atoms with van der Waals surface area (Å²) < 4.78 is 16.2. The van der Waals surface area contributed by atoms with Crippen LogP contribution in [0, 0.1) is 5.92 Å². The van der Waals surface area contributed by atoms with Gasteiger partial charge >= 0.3 is 17.7 Å². The van der Waals surface area contributed by atoms with E-state index >= 15 is 0 Å². The molecule has 1 aliphatic rings. The highest BCUT2D eigenvalue weighted by Crippen LogP contribution is 2.30. The summed E-state index contributed by atoms with van der Waals surface area (Å²) in [7, 11) is 0. The van der Waals surface area contributed by atoms with Gasteiger partial charge in [-0.1, -0.05) is 20.3 Å². The summed E-state index contributed by atoms with van der Waals surface area (Å²) in [5.41, 5.74) is 1.15. The highest BCUT2D eigenvalue weighted by molar-refractivity contribution is 5.86. The molecule has 1 N–H and O–H groups in total. The first kappa shape index (κ1) is 21.9. The van der Waals surface area contributed by atoms with Crippen molar-refractivity contribution < 1.29 is 23.5 Å². The summed E-state index contributed by atoms with van der Waals surface area (Å²) in [6.07, 6.45) is 2.49. The number of alkyl carbamates (subject to hydrolysis) is 1. The van der Waals surface area contributed by atoms with Crippen LogP contribution in [0.4, 0.5) is 4.79 Å². The topological polar surface area (TPSA) is 94.8 Å². The van der Waals surface area contributed by atoms with Crippen molar-refractivity contribution in [3.8, 4) is 5.75 Å². The van der Waals surface area contributed by atoms with Crippen LogP contribution in [0.2, 0.25) is 0 Å². The summed E-state index contributed by atoms with van der Waals surface area (Å²) in [4.78, 5) is 37.2. The predicted octanol–water partition coefficient (Wildman–Crippen LogP) is 4.13. The van der Waals surface area contributed by atoms with Crippen LogP contribution in [-0.2, 0) is 22.4 Å². The summed E-state index contributed by atoms with van der Waals surface area (Å²) >= 11 is 0. The number of carbonyl (C=O) groups excluding carboxylic acids is 2. The predicted molar refractivity (Wildman–Crippen MR) is 113 cm³/mol. The van der Waals surface area contributed by atoms with Gasteiger partial charge in [0.2, 0.25) is 0 Å². The van der Waals surface area contributed by atoms with Crippen LogP contribution < -0.4 is 15.7 Å². The number of hydrogen-bond donors (Lipinski definition) is 1. The second-order valence-electron chi connectivity index (χ2n) is 8.79. The van der Waals surface area contributed by atoms with Gasteiger partial charge in [0.05, 0.1) is 0 Å². The van der Waals surface area contributed by atoms with Gasteiger partial charge in [0.25, 0.3) is 0 Å². The van der Waals surface area contributed by atoms with Crippen LogP contribution >= 0.6 is 0 Å². The van der Waals surface area contributed by atoms with Crippen LogP contribution in [0.15, 0.2) is 27.4 Å². The number of ether oxygens (including phenoxy) is 2. The third kappa shape index (κ3) is 4.83. The largest absolute Gasteiger partial charge is 0.444 e. The standard InChI is InChI=1S/C23H29NO6/c1-6-13(2)19(24-22(27)30-23(3,4)5)21(26)28-14-10-11-16-15-8-7-9-17(15)20(25)29-18(16)12-14/h10-13,19H,6-9H2,1-5H3,(H,24,27)/t13-,19-/m1/s1. The van der Waals surface area contributed by atoms with E-state index in [0.717, 1.165) is 35.8 Å². The number of amides is 1. The van der Waals surface area contributed by atoms with E-state index in [9.17, 15) is 14.4 Å². The first-order valence-corrected chi connectivity index (χ1v) is 10.4. The van der Waals surface area contributed by atoms with Crippen molar-refractivity contribution in [1.29, 1.82) is 0 Å². The molecule has 2 aromatic rings. The number of carbonyl (C=O) groups is 2. The SMILES string of the molecule is CC[C@@H](C)[C@@H](NC(=O)OC(C)(C)C)C(=O)Oc1ccc2c3c(c(=O)oc2c1)CCC3. The monoisotopic (exact) mass is 415 g/mol. The minimum atomic E-state index is -0.868. The molecule has 1 heterocycles. The molecule has 7 nitrogen and oxygen atoms in total. The molecule has 0 saturated heterocycles. The number of hydrogen-bond acceptors (Lipinski definition) is 6. The summed E-state index contributed by atoms with van der Waals surface area (Å²) in [6, 6.07) is 4.17. The Morgan fingerprint density at radius 3 is 2.57 bits per heavy atom. The first-order chi connectivity index (χ1) is 14.1. The zero-order valence-corrected chi connectivity index (χ0v) is 18.2. The lowest BCUT2D eigenvalue weighted by molar-refractivity contribution is -0.138. The Kier molecular flexibility index (Phi) is 6.19. The molecule has 3 rings (SSSR count). The Hall–Kier alpha value is -2.83. The van der Waals surface area contributed by atoms with Crippen molar-refractivity contribution in [2.75, 3.05) is 0 Å². The molecular formula is C23H29NO6. The van der Waals surface area contributed by atoms with Crippen LogP contribution in [0.5, 0.6) is 5.75 Å². The maximum Gasteiger partial charge on any atom is 0.408 e. The number of benzene rings is 1. The minimum Gasteiger partial charge on any atom is -0.444 e. The minimum absolute atomic E-state index is 0.160. The normalized spacial score (nSPS) is 15.4. The van der Waals surface area contributed by atoms with E-state index in [1.54, 1.807) is 32.9 Å². The fraction of sp³-hybridized carbons (Fsp3) is 0.522. The highest BCUT2D eigenvalue weighted by atomic mass is 16.6. The van der Waals surface area contributed by atoms with Crippen LogP contribution in [0.1, 0.15) is 58.6 Å². The van der Waals surface area contributed by atoms with Crippen LogP contribution in [0.3, 0.4) is 0 Å². The fourth-order valence-corrected chi connectivity index (χ4v) is 3.61. The van der Waals surface area contributed by atoms with Crippen LogP contribution in [0.25, 0.3) is 11.0 Å². The molecule has 1 aromatic carbocycles. The molecule has 0 fully saturated rings. The molecule has 1 amide bonds. The molecule has 7 heteroatoms. The molecule has 2 atom stereocenters. The average molecular weight is 415 g/mol. The molecular weight excluding hydrogens is 386 g/mol. The highest BCUT2D eigenvalue weighted by Gasteiger charge is 2.30. The Balaban J connectivity index is 1.81. The lowest BCUT2D eigenvalue weighted by Crippen LogP contribution is -2.48. The van der Waals surface area contributed by atoms with Crippen molar-refractivity contribution in [1.82, 2.24) is 5.32 Å². The zero-order valence-electron chi connectivity index (χ0n) is 18.2. The Labute approximate surface area is 175 Å². The van der Waals surface area contributed by atoms with Gasteiger partial charge in [-0.25, -0.2) is 14.4 Å². The van der Waals surface area contributed by atoms with Gasteiger partial charge < -0.3 is 19.2 Å². The maximum atomic E-state index is 12.8. The van der Waals surface area contributed by atoms with Gasteiger partial charge in [-0.05, 0) is 63.6 Å². The van der Waals surface area contributed by atoms with E-state index in [1.807, 2.05) is 19.9 Å². The molecule has 30 heavy (non-hydrogen) atoms. The van der Waals surface area contributed by atoms with Gasteiger partial charge in [0.1, 0.15) is 23.0 Å². The summed E-state index contributed by atoms with van der Waals surface area (Å²) in [6.45, 7) is 9.04. The van der Waals surface area contributed by atoms with Gasteiger partial charge in [0.15, 0.2) is 0 Å². The van der Waals surface area contributed by atoms with E-state index < -0.39 is 23.7 Å². The lowest BCUT2D eigenvalue weighted by atomic mass is 9.99. The van der Waals surface area contributed by atoms with E-state index in [0.29, 0.717) is 12.0 Å². The molecule has 0 radical (unpaired) electrons. The molecule has 1 aromatic heterocycles. The number of rotatable bonds is 5. The fourth-order valence-electron chi connectivity index (χ4n) is 3.61. The first-order valence-electron chi connectivity index (χ1n) is 10.4. The van der Waals surface area contributed by atoms with E-state index in [2.05, 4.69) is 5.32 Å². The quantitative estimate of drug-likeness (QED) is 0.448. The van der Waals surface area contributed by atoms with E-state index in [-0.39, 0.29) is 17.3 Å². The molecule has 0 aliphatic heterocycles. The number of esters is 1. The van der Waals surface area contributed by atoms with E-state index in [4.69, 9.17) is 13.9 Å². The van der Waals surface area contributed by atoms with Crippen molar-refractivity contribution >= 4 is 23.0 Å². The molecule has 0 spiro atoms. The Morgan fingerprint density at radius 1 is 1.20 bits per heavy atom. The summed E-state index contributed by atoms with van der Waals surface area (Å²) in [5.74, 6) is -0.502. The molecule has 1 aliphatic carbocycles. The molecule has 162 valence electrons. The van der Waals surface area contributed by atoms with Gasteiger partial charge in [-0.2, -0.15) is 0 Å². The zero-order chi connectivity index (χ0) is 22.1. The van der Waals surface area contributed by atoms with Gasteiger partial charge in [-0.15, -0.1) is 0 Å². The number of aryl methyl sites for hydroxylation is 1. The van der Waals surface area contributed by atoms with Crippen molar-refractivity contribution in [3.05, 3.63) is 39.7 Å². The Morgan fingerprint density at radius 2 is 1.90 bits per heavy atom. The van der Waals surface area contributed by atoms with Crippen molar-refractivity contribution in [2.24, 2.45) is 5.92 Å². The van der Waals surface area contributed by atoms with Gasteiger partial charge in [-0.3, -0.25) is 0 Å².